The molecule has 1 atom stereocenters. The molecule has 0 radical (unpaired) electrons. The van der Waals surface area contributed by atoms with Crippen LogP contribution in [0.25, 0.3) is 0 Å². The quantitative estimate of drug-likeness (QED) is 0.0338. The van der Waals surface area contributed by atoms with E-state index in [0.29, 0.717) is 0 Å². The first-order valence-electron chi connectivity index (χ1n) is 15.3. The highest BCUT2D eigenvalue weighted by Crippen LogP contribution is 2.03. The summed E-state index contributed by atoms with van der Waals surface area (Å²) in [6, 6.07) is -0.643. The first-order valence-corrected chi connectivity index (χ1v) is 15.3. The van der Waals surface area contributed by atoms with Gasteiger partial charge in [0.15, 0.2) is 0 Å². The summed E-state index contributed by atoms with van der Waals surface area (Å²) in [5.41, 5.74) is 0. The minimum absolute atomic E-state index is 0.0842. The Morgan fingerprint density at radius 2 is 0.527 bits per heavy atom. The van der Waals surface area contributed by atoms with E-state index in [1.807, 2.05) is 0 Å². The van der Waals surface area contributed by atoms with Crippen LogP contribution in [0.3, 0.4) is 0 Å². The van der Waals surface area contributed by atoms with E-state index in [-0.39, 0.29) is 26.1 Å². The van der Waals surface area contributed by atoms with E-state index >= 15 is 0 Å². The molecule has 0 aliphatic heterocycles. The summed E-state index contributed by atoms with van der Waals surface area (Å²) in [4.78, 5) is 121. The fourth-order valence-corrected chi connectivity index (χ4v) is 4.22. The Balaban J connectivity index is -0.000000760. The summed E-state index contributed by atoms with van der Waals surface area (Å²) < 4.78 is 0. The molecule has 0 aromatic heterocycles. The standard InChI is InChI=1S/2C11H18N2O8.C6H9NO6/c1-7(13(5-10(18)19)6-11(20)21)2-12(3-8(14)15)4-9(16)17;14-8(15)4-12(5-9(16)17)2-1-3-13(6-10(18)19)7-11(20)21;8-4(9)1-7(2-5(10)11)3-6(12)13/h7H,2-6H2,1H3,(H,14,15)(H,16,17)(H,18,19)(H,20,21);1-7H2,(H,14,15)(H,16,17)(H,18,19)(H,20,21);1-3H2,(H,8,9)(H,10,11)(H,12,13). The smallest absolute Gasteiger partial charge is 0.317 e. The number of aliphatic carboxylic acids is 11. The zero-order valence-corrected chi connectivity index (χ0v) is 29.3. The van der Waals surface area contributed by atoms with Gasteiger partial charge in [0, 0.05) is 25.7 Å². The van der Waals surface area contributed by atoms with E-state index in [0.717, 1.165) is 14.7 Å². The second kappa shape index (κ2) is 29.4. The third-order valence-corrected chi connectivity index (χ3v) is 6.00. The van der Waals surface area contributed by atoms with Gasteiger partial charge in [0.25, 0.3) is 0 Å². The van der Waals surface area contributed by atoms with Crippen LogP contribution in [0, 0.1) is 0 Å². The molecule has 27 nitrogen and oxygen atoms in total. The lowest BCUT2D eigenvalue weighted by Crippen LogP contribution is -2.48. The lowest BCUT2D eigenvalue weighted by atomic mass is 10.2. The highest BCUT2D eigenvalue weighted by atomic mass is 16.4. The molecule has 0 bridgehead atoms. The minimum atomic E-state index is -1.26. The summed E-state index contributed by atoms with van der Waals surface area (Å²) >= 11 is 0. The fraction of sp³-hybridized carbons (Fsp3) is 0.607. The summed E-state index contributed by atoms with van der Waals surface area (Å²) in [6.45, 7) is -4.14. The first kappa shape index (κ1) is 53.3. The molecule has 0 amide bonds. The lowest BCUT2D eigenvalue weighted by molar-refractivity contribution is -0.146. The average molecular weight is 804 g/mol. The number of carboxylic acids is 11. The van der Waals surface area contributed by atoms with Crippen LogP contribution in [0.1, 0.15) is 13.3 Å². The maximum Gasteiger partial charge on any atom is 0.317 e. The number of rotatable bonds is 29. The second-order valence-electron chi connectivity index (χ2n) is 11.2. The third-order valence-electron chi connectivity index (χ3n) is 6.00. The number of hydrogen-bond donors (Lipinski definition) is 11. The summed E-state index contributed by atoms with van der Waals surface area (Å²) in [7, 11) is 0. The fourth-order valence-electron chi connectivity index (χ4n) is 4.22. The van der Waals surface area contributed by atoms with Crippen molar-refractivity contribution in [2.45, 2.75) is 19.4 Å². The molecule has 11 N–H and O–H groups in total. The molecule has 0 heterocycles. The predicted molar refractivity (Wildman–Crippen MR) is 175 cm³/mol. The van der Waals surface area contributed by atoms with E-state index < -0.39 is 144 Å². The van der Waals surface area contributed by atoms with Crippen molar-refractivity contribution in [2.24, 2.45) is 0 Å². The molecule has 27 heteroatoms. The van der Waals surface area contributed by atoms with Crippen molar-refractivity contribution in [3.8, 4) is 0 Å². The number of hydrogen-bond acceptors (Lipinski definition) is 16. The highest BCUT2D eigenvalue weighted by molar-refractivity contribution is 5.76. The molecule has 0 spiro atoms. The van der Waals surface area contributed by atoms with Crippen LogP contribution in [0.4, 0.5) is 0 Å². The number of nitrogens with zero attached hydrogens (tertiary/aromatic N) is 5. The molecule has 0 aromatic rings. The molecule has 0 aliphatic rings. The molecule has 0 aliphatic carbocycles. The first-order chi connectivity index (χ1) is 25.2. The van der Waals surface area contributed by atoms with Crippen LogP contribution in [0.15, 0.2) is 0 Å². The van der Waals surface area contributed by atoms with Crippen LogP contribution in [-0.4, -0.2) is 244 Å². The zero-order chi connectivity index (χ0) is 43.4. The van der Waals surface area contributed by atoms with Gasteiger partial charge in [-0.1, -0.05) is 0 Å². The molecule has 1 unspecified atom stereocenters. The predicted octanol–water partition coefficient (Wildman–Crippen LogP) is -4.82. The van der Waals surface area contributed by atoms with Gasteiger partial charge in [-0.05, 0) is 13.3 Å². The number of carbonyl (C=O) groups is 11. The largest absolute Gasteiger partial charge is 0.480 e. The third kappa shape index (κ3) is 37.5. The van der Waals surface area contributed by atoms with E-state index in [1.165, 1.54) is 16.7 Å². The monoisotopic (exact) mass is 803 g/mol. The van der Waals surface area contributed by atoms with Crippen molar-refractivity contribution in [2.75, 3.05) is 91.6 Å². The Bertz CT molecular complexity index is 1200. The van der Waals surface area contributed by atoms with Crippen molar-refractivity contribution < 1.29 is 109 Å². The molecule has 0 fully saturated rings. The van der Waals surface area contributed by atoms with E-state index in [9.17, 15) is 52.7 Å². The van der Waals surface area contributed by atoms with E-state index in [1.54, 1.807) is 0 Å². The maximum absolute atomic E-state index is 10.7. The molecular formula is C28H45N5O22. The highest BCUT2D eigenvalue weighted by Gasteiger charge is 2.24. The van der Waals surface area contributed by atoms with Gasteiger partial charge in [-0.25, -0.2) is 0 Å². The lowest BCUT2D eigenvalue weighted by Gasteiger charge is -2.30. The van der Waals surface area contributed by atoms with Gasteiger partial charge in [0.05, 0.1) is 72.0 Å². The van der Waals surface area contributed by atoms with Crippen molar-refractivity contribution in [3.63, 3.8) is 0 Å². The van der Waals surface area contributed by atoms with Crippen LogP contribution in [0.2, 0.25) is 0 Å². The van der Waals surface area contributed by atoms with Gasteiger partial charge in [0.1, 0.15) is 0 Å². The molecule has 55 heavy (non-hydrogen) atoms. The van der Waals surface area contributed by atoms with Gasteiger partial charge < -0.3 is 56.2 Å². The average Bonchev–Trinajstić information content (AvgIpc) is 2.93. The molecule has 0 aromatic carbocycles. The van der Waals surface area contributed by atoms with Gasteiger partial charge in [-0.3, -0.25) is 77.2 Å². The second-order valence-corrected chi connectivity index (χ2v) is 11.2. The summed E-state index contributed by atoms with van der Waals surface area (Å²) in [5, 5.41) is 94.3. The molecule has 0 rings (SSSR count). The Morgan fingerprint density at radius 3 is 0.745 bits per heavy atom. The Labute approximate surface area is 310 Å². The topological polar surface area (TPSA) is 427 Å². The maximum atomic E-state index is 10.7. The van der Waals surface area contributed by atoms with Crippen LogP contribution in [-0.2, 0) is 52.7 Å². The minimum Gasteiger partial charge on any atom is -0.480 e. The van der Waals surface area contributed by atoms with Crippen LogP contribution in [0.5, 0.6) is 0 Å². The normalized spacial score (nSPS) is 11.2. The molecule has 0 saturated heterocycles. The Kier molecular flexibility index (Phi) is 28.5. The van der Waals surface area contributed by atoms with Crippen molar-refractivity contribution >= 4 is 65.7 Å². The van der Waals surface area contributed by atoms with Crippen molar-refractivity contribution in [1.82, 2.24) is 24.5 Å². The van der Waals surface area contributed by atoms with Crippen molar-refractivity contribution in [1.29, 1.82) is 0 Å². The van der Waals surface area contributed by atoms with Gasteiger partial charge >= 0.3 is 65.7 Å². The zero-order valence-electron chi connectivity index (χ0n) is 29.3. The molecular weight excluding hydrogens is 758 g/mol. The van der Waals surface area contributed by atoms with Gasteiger partial charge in [-0.15, -0.1) is 0 Å². The Morgan fingerprint density at radius 1 is 0.327 bits per heavy atom. The van der Waals surface area contributed by atoms with E-state index in [4.69, 9.17) is 56.2 Å². The number of carboxylic acid groups (broad SMARTS) is 11. The van der Waals surface area contributed by atoms with Gasteiger partial charge in [0.2, 0.25) is 0 Å². The molecule has 0 saturated carbocycles. The van der Waals surface area contributed by atoms with Crippen molar-refractivity contribution in [3.05, 3.63) is 0 Å². The van der Waals surface area contributed by atoms with Gasteiger partial charge in [-0.2, -0.15) is 0 Å². The van der Waals surface area contributed by atoms with Crippen LogP contribution < -0.4 is 0 Å². The van der Waals surface area contributed by atoms with Crippen LogP contribution >= 0.6 is 0 Å². The summed E-state index contributed by atoms with van der Waals surface area (Å²) in [6.07, 6.45) is 0.251. The SMILES string of the molecule is CC(CN(CC(=O)O)CC(=O)O)N(CC(=O)O)CC(=O)O.O=C(O)CN(CC(=O)O)CC(=O)O.O=C(O)CN(CCCN(CC(=O)O)CC(=O)O)CC(=O)O. The van der Waals surface area contributed by atoms with E-state index in [2.05, 4.69) is 0 Å². The summed E-state index contributed by atoms with van der Waals surface area (Å²) in [5.74, 6) is -13.4. The molecule has 314 valence electrons. The Hall–Kier alpha value is -6.03.